The maximum absolute atomic E-state index is 12.4. The Labute approximate surface area is 216 Å². The molecule has 192 valence electrons. The van der Waals surface area contributed by atoms with Crippen molar-refractivity contribution in [3.63, 3.8) is 0 Å². The lowest BCUT2D eigenvalue weighted by atomic mass is 9.72. The van der Waals surface area contributed by atoms with E-state index in [9.17, 15) is 10.2 Å². The molecule has 3 aromatic carbocycles. The van der Waals surface area contributed by atoms with Gasteiger partial charge in [0.05, 0.1) is 7.11 Å². The molecule has 4 heteroatoms. The van der Waals surface area contributed by atoms with Gasteiger partial charge in [-0.25, -0.2) is 0 Å². The molecule has 0 spiro atoms. The fraction of sp³-hybridized carbons (Fsp3) is 0.438. The molecular weight excluding hydrogens is 446 g/mol. The molecule has 1 fully saturated rings. The second kappa shape index (κ2) is 12.1. The zero-order valence-electron chi connectivity index (χ0n) is 21.8. The summed E-state index contributed by atoms with van der Waals surface area (Å²) < 4.78 is 5.33. The zero-order chi connectivity index (χ0) is 25.4. The summed E-state index contributed by atoms with van der Waals surface area (Å²) in [5, 5.41) is 24.5. The van der Waals surface area contributed by atoms with Gasteiger partial charge in [-0.2, -0.15) is 0 Å². The number of aliphatic hydroxyl groups is 2. The smallest absolute Gasteiger partial charge is 0.122 e. The second-order valence-electron chi connectivity index (χ2n) is 10.2. The third-order valence-electron chi connectivity index (χ3n) is 8.00. The summed E-state index contributed by atoms with van der Waals surface area (Å²) in [5.41, 5.74) is 0.814. The fourth-order valence-electron chi connectivity index (χ4n) is 5.88. The average molecular weight is 488 g/mol. The Balaban J connectivity index is 1.63. The number of likely N-dealkylation sites (tertiary alicyclic amines) is 1. The van der Waals surface area contributed by atoms with E-state index in [4.69, 9.17) is 4.74 Å². The van der Waals surface area contributed by atoms with E-state index in [1.807, 2.05) is 72.8 Å². The highest BCUT2D eigenvalue weighted by atomic mass is 16.5. The molecule has 0 amide bonds. The van der Waals surface area contributed by atoms with Crippen LogP contribution in [0.3, 0.4) is 0 Å². The number of hydrogen-bond donors (Lipinski definition) is 2. The predicted molar refractivity (Wildman–Crippen MR) is 146 cm³/mol. The van der Waals surface area contributed by atoms with Crippen LogP contribution in [0.2, 0.25) is 0 Å². The Morgan fingerprint density at radius 1 is 0.806 bits per heavy atom. The third-order valence-corrected chi connectivity index (χ3v) is 8.00. The number of benzene rings is 3. The maximum atomic E-state index is 12.4. The van der Waals surface area contributed by atoms with Crippen LogP contribution in [0, 0.1) is 5.92 Å². The summed E-state index contributed by atoms with van der Waals surface area (Å²) in [6.07, 6.45) is 6.11. The quantitative estimate of drug-likeness (QED) is 0.340. The summed E-state index contributed by atoms with van der Waals surface area (Å²) >= 11 is 0. The number of piperidine rings is 1. The summed E-state index contributed by atoms with van der Waals surface area (Å²) in [6.45, 7) is 3.96. The van der Waals surface area contributed by atoms with Crippen molar-refractivity contribution in [2.24, 2.45) is 5.92 Å². The molecule has 2 N–H and O–H groups in total. The van der Waals surface area contributed by atoms with E-state index < -0.39 is 11.3 Å². The van der Waals surface area contributed by atoms with Gasteiger partial charge in [0.1, 0.15) is 17.1 Å². The molecule has 4 rings (SSSR count). The van der Waals surface area contributed by atoms with Crippen LogP contribution in [-0.4, -0.2) is 41.0 Å². The Bertz CT molecular complexity index is 1010. The van der Waals surface area contributed by atoms with Crippen LogP contribution in [0.15, 0.2) is 84.9 Å². The van der Waals surface area contributed by atoms with Crippen molar-refractivity contribution < 1.29 is 14.9 Å². The number of rotatable bonds is 11. The Morgan fingerprint density at radius 2 is 1.36 bits per heavy atom. The Kier molecular flexibility index (Phi) is 8.84. The van der Waals surface area contributed by atoms with Gasteiger partial charge in [0, 0.05) is 19.5 Å². The van der Waals surface area contributed by atoms with Gasteiger partial charge in [-0.05, 0) is 66.8 Å². The summed E-state index contributed by atoms with van der Waals surface area (Å²) in [6, 6.07) is 28.0. The van der Waals surface area contributed by atoms with E-state index in [-0.39, 0.29) is 5.92 Å². The number of nitrogens with zero attached hydrogens (tertiary/aromatic N) is 1. The van der Waals surface area contributed by atoms with Gasteiger partial charge < -0.3 is 14.9 Å². The van der Waals surface area contributed by atoms with Crippen LogP contribution >= 0.6 is 0 Å². The SMILES string of the molecule is CCC(CCC(O)(Cc1ccc(OC)cc1)N1CCCCC1)C(O)(c1ccccc1)c1ccccc1. The van der Waals surface area contributed by atoms with E-state index in [0.29, 0.717) is 19.3 Å². The lowest BCUT2D eigenvalue weighted by molar-refractivity contribution is -0.128. The van der Waals surface area contributed by atoms with E-state index in [1.165, 1.54) is 6.42 Å². The first kappa shape index (κ1) is 26.4. The average Bonchev–Trinajstić information content (AvgIpc) is 2.95. The first-order valence-corrected chi connectivity index (χ1v) is 13.4. The monoisotopic (exact) mass is 487 g/mol. The maximum Gasteiger partial charge on any atom is 0.122 e. The molecule has 0 aliphatic carbocycles. The lowest BCUT2D eigenvalue weighted by Gasteiger charge is -2.44. The van der Waals surface area contributed by atoms with Crippen molar-refractivity contribution >= 4 is 0 Å². The summed E-state index contributed by atoms with van der Waals surface area (Å²) in [7, 11) is 1.67. The minimum absolute atomic E-state index is 0.0468. The first-order chi connectivity index (χ1) is 17.5. The largest absolute Gasteiger partial charge is 0.497 e. The standard InChI is InChI=1S/C32H41NO3/c1-3-27(32(35,28-13-7-4-8-14-28)29-15-9-5-10-16-29)21-22-31(34,33-23-11-6-12-24-33)25-26-17-19-30(36-2)20-18-26/h4-5,7-10,13-20,27,34-35H,3,6,11-12,21-25H2,1-2H3. The molecule has 4 nitrogen and oxygen atoms in total. The van der Waals surface area contributed by atoms with Crippen LogP contribution in [-0.2, 0) is 12.0 Å². The van der Waals surface area contributed by atoms with E-state index in [0.717, 1.165) is 54.8 Å². The highest BCUT2D eigenvalue weighted by molar-refractivity contribution is 5.37. The van der Waals surface area contributed by atoms with Crippen LogP contribution in [0.4, 0.5) is 0 Å². The Morgan fingerprint density at radius 3 is 1.86 bits per heavy atom. The van der Waals surface area contributed by atoms with E-state index in [1.54, 1.807) is 7.11 Å². The highest BCUT2D eigenvalue weighted by Gasteiger charge is 2.42. The molecule has 1 heterocycles. The third kappa shape index (κ3) is 5.83. The van der Waals surface area contributed by atoms with Gasteiger partial charge in [-0.15, -0.1) is 0 Å². The number of ether oxygens (including phenoxy) is 1. The Hall–Kier alpha value is -2.66. The van der Waals surface area contributed by atoms with Gasteiger partial charge in [0.15, 0.2) is 0 Å². The lowest BCUT2D eigenvalue weighted by Crippen LogP contribution is -2.53. The highest BCUT2D eigenvalue weighted by Crippen LogP contribution is 2.42. The molecule has 1 aliphatic heterocycles. The summed E-state index contributed by atoms with van der Waals surface area (Å²) in [5.74, 6) is 0.775. The van der Waals surface area contributed by atoms with Crippen molar-refractivity contribution in [1.29, 1.82) is 0 Å². The van der Waals surface area contributed by atoms with E-state index in [2.05, 4.69) is 24.0 Å². The molecule has 1 aliphatic rings. The number of methoxy groups -OCH3 is 1. The molecule has 0 radical (unpaired) electrons. The van der Waals surface area contributed by atoms with Crippen LogP contribution < -0.4 is 4.74 Å². The van der Waals surface area contributed by atoms with Crippen molar-refractivity contribution in [3.05, 3.63) is 102 Å². The molecule has 36 heavy (non-hydrogen) atoms. The predicted octanol–water partition coefficient (Wildman–Crippen LogP) is 6.15. The van der Waals surface area contributed by atoms with Crippen LogP contribution in [0.25, 0.3) is 0 Å². The van der Waals surface area contributed by atoms with Crippen molar-refractivity contribution in [2.45, 2.75) is 63.2 Å². The molecule has 2 atom stereocenters. The van der Waals surface area contributed by atoms with Gasteiger partial charge in [0.2, 0.25) is 0 Å². The van der Waals surface area contributed by atoms with Crippen molar-refractivity contribution in [2.75, 3.05) is 20.2 Å². The first-order valence-electron chi connectivity index (χ1n) is 13.4. The van der Waals surface area contributed by atoms with Gasteiger partial charge in [-0.1, -0.05) is 86.1 Å². The van der Waals surface area contributed by atoms with Gasteiger partial charge in [-0.3, -0.25) is 4.90 Å². The van der Waals surface area contributed by atoms with Gasteiger partial charge in [0.25, 0.3) is 0 Å². The molecule has 0 aromatic heterocycles. The fourth-order valence-corrected chi connectivity index (χ4v) is 5.88. The molecular formula is C32H41NO3. The molecule has 2 unspecified atom stereocenters. The molecule has 3 aromatic rings. The zero-order valence-corrected chi connectivity index (χ0v) is 21.8. The minimum Gasteiger partial charge on any atom is -0.497 e. The van der Waals surface area contributed by atoms with E-state index >= 15 is 0 Å². The minimum atomic E-state index is -1.12. The molecule has 0 saturated carbocycles. The molecule has 1 saturated heterocycles. The number of hydrogen-bond acceptors (Lipinski definition) is 4. The van der Waals surface area contributed by atoms with Crippen molar-refractivity contribution in [1.82, 2.24) is 4.90 Å². The molecule has 0 bridgehead atoms. The summed E-state index contributed by atoms with van der Waals surface area (Å²) in [4.78, 5) is 2.28. The van der Waals surface area contributed by atoms with Crippen LogP contribution in [0.5, 0.6) is 5.75 Å². The second-order valence-corrected chi connectivity index (χ2v) is 10.2. The topological polar surface area (TPSA) is 52.9 Å². The van der Waals surface area contributed by atoms with Crippen LogP contribution in [0.1, 0.15) is 62.1 Å². The van der Waals surface area contributed by atoms with Crippen molar-refractivity contribution in [3.8, 4) is 5.75 Å². The normalized spacial score (nSPS) is 17.3. The van der Waals surface area contributed by atoms with Gasteiger partial charge >= 0.3 is 0 Å².